The van der Waals surface area contributed by atoms with Gasteiger partial charge in [0.1, 0.15) is 0 Å². The highest BCUT2D eigenvalue weighted by Gasteiger charge is 2.68. The van der Waals surface area contributed by atoms with E-state index in [1.165, 1.54) is 0 Å². The summed E-state index contributed by atoms with van der Waals surface area (Å²) in [6.07, 6.45) is 0. The van der Waals surface area contributed by atoms with Gasteiger partial charge in [0.15, 0.2) is 0 Å². The summed E-state index contributed by atoms with van der Waals surface area (Å²) in [6.45, 7) is 3.57. The largest absolute Gasteiger partial charge is 0.481 e. The van der Waals surface area contributed by atoms with Crippen LogP contribution in [0, 0.1) is 11.8 Å². The molecule has 0 radical (unpaired) electrons. The van der Waals surface area contributed by atoms with E-state index in [1.807, 2.05) is 44.2 Å². The van der Waals surface area contributed by atoms with Gasteiger partial charge in [0.25, 0.3) is 0 Å². The molecule has 0 bridgehead atoms. The number of nitrogens with one attached hydrogen (secondary N) is 1. The Balaban J connectivity index is 2.29. The third kappa shape index (κ3) is 2.29. The summed E-state index contributed by atoms with van der Waals surface area (Å²) >= 11 is 0. The molecule has 1 aliphatic carbocycles. The Morgan fingerprint density at radius 2 is 1.90 bits per heavy atom. The van der Waals surface area contributed by atoms with E-state index < -0.39 is 23.4 Å². The van der Waals surface area contributed by atoms with Crippen LogP contribution in [0.3, 0.4) is 0 Å². The first-order valence-corrected chi connectivity index (χ1v) is 6.65. The number of benzene rings is 1. The van der Waals surface area contributed by atoms with Crippen molar-refractivity contribution in [2.24, 2.45) is 11.8 Å². The SMILES string of the molecule is CC(c1ccccc1)C1(NCC(=O)O)C(C)C1C(=O)O. The molecule has 5 heteroatoms. The van der Waals surface area contributed by atoms with Crippen LogP contribution >= 0.6 is 0 Å². The summed E-state index contributed by atoms with van der Waals surface area (Å²) in [4.78, 5) is 22.2. The minimum atomic E-state index is -0.979. The van der Waals surface area contributed by atoms with Crippen LogP contribution in [0.15, 0.2) is 30.3 Å². The summed E-state index contributed by atoms with van der Waals surface area (Å²) in [5.74, 6) is -2.59. The second-order valence-electron chi connectivity index (χ2n) is 5.42. The fourth-order valence-electron chi connectivity index (χ4n) is 3.34. The van der Waals surface area contributed by atoms with E-state index in [1.54, 1.807) is 0 Å². The maximum Gasteiger partial charge on any atom is 0.317 e. The topological polar surface area (TPSA) is 86.6 Å². The third-order valence-electron chi connectivity index (χ3n) is 4.49. The lowest BCUT2D eigenvalue weighted by molar-refractivity contribution is -0.140. The van der Waals surface area contributed by atoms with Crippen molar-refractivity contribution < 1.29 is 19.8 Å². The highest BCUT2D eigenvalue weighted by atomic mass is 16.4. The molecule has 20 heavy (non-hydrogen) atoms. The van der Waals surface area contributed by atoms with Crippen LogP contribution in [-0.4, -0.2) is 34.2 Å². The standard InChI is InChI=1S/C15H19NO4/c1-9(11-6-4-3-5-7-11)15(16-8-12(17)18)10(2)13(15)14(19)20/h3-7,9-10,13,16H,8H2,1-2H3,(H,17,18)(H,19,20). The van der Waals surface area contributed by atoms with E-state index in [0.717, 1.165) is 5.56 Å². The number of hydrogen-bond acceptors (Lipinski definition) is 3. The van der Waals surface area contributed by atoms with E-state index in [4.69, 9.17) is 5.11 Å². The smallest absolute Gasteiger partial charge is 0.317 e. The Kier molecular flexibility index (Phi) is 3.81. The molecule has 1 aromatic carbocycles. The molecular weight excluding hydrogens is 258 g/mol. The highest BCUT2D eigenvalue weighted by molar-refractivity contribution is 5.78. The fraction of sp³-hybridized carbons (Fsp3) is 0.467. The van der Waals surface area contributed by atoms with Gasteiger partial charge in [0.2, 0.25) is 0 Å². The number of hydrogen-bond donors (Lipinski definition) is 3. The summed E-state index contributed by atoms with van der Waals surface area (Å²) in [5, 5.41) is 21.2. The Bertz CT molecular complexity index is 516. The summed E-state index contributed by atoms with van der Waals surface area (Å²) < 4.78 is 0. The zero-order chi connectivity index (χ0) is 14.9. The molecule has 1 aromatic rings. The average molecular weight is 277 g/mol. The van der Waals surface area contributed by atoms with E-state index in [2.05, 4.69) is 5.32 Å². The maximum absolute atomic E-state index is 11.4. The minimum Gasteiger partial charge on any atom is -0.481 e. The van der Waals surface area contributed by atoms with Gasteiger partial charge < -0.3 is 10.2 Å². The zero-order valence-corrected chi connectivity index (χ0v) is 11.5. The Hall–Kier alpha value is -1.88. The average Bonchev–Trinajstić information content (AvgIpc) is 3.03. The molecular formula is C15H19NO4. The van der Waals surface area contributed by atoms with Gasteiger partial charge in [-0.25, -0.2) is 0 Å². The van der Waals surface area contributed by atoms with E-state index in [0.29, 0.717) is 0 Å². The van der Waals surface area contributed by atoms with Crippen LogP contribution in [0.5, 0.6) is 0 Å². The van der Waals surface area contributed by atoms with Crippen molar-refractivity contribution in [1.82, 2.24) is 5.32 Å². The zero-order valence-electron chi connectivity index (χ0n) is 11.5. The molecule has 4 unspecified atom stereocenters. The van der Waals surface area contributed by atoms with Gasteiger partial charge in [-0.05, 0) is 11.5 Å². The number of aliphatic carboxylic acids is 2. The van der Waals surface area contributed by atoms with Gasteiger partial charge in [-0.1, -0.05) is 44.2 Å². The van der Waals surface area contributed by atoms with E-state index >= 15 is 0 Å². The van der Waals surface area contributed by atoms with Crippen molar-refractivity contribution in [1.29, 1.82) is 0 Å². The molecule has 0 aliphatic heterocycles. The van der Waals surface area contributed by atoms with Gasteiger partial charge in [-0.3, -0.25) is 14.9 Å². The van der Waals surface area contributed by atoms with Crippen LogP contribution in [0.1, 0.15) is 25.3 Å². The predicted molar refractivity (Wildman–Crippen MR) is 73.5 cm³/mol. The Morgan fingerprint density at radius 3 is 2.35 bits per heavy atom. The molecule has 0 heterocycles. The van der Waals surface area contributed by atoms with E-state index in [-0.39, 0.29) is 18.4 Å². The molecule has 1 aliphatic rings. The summed E-state index contributed by atoms with van der Waals surface area (Å²) in [7, 11) is 0. The monoisotopic (exact) mass is 277 g/mol. The van der Waals surface area contributed by atoms with Crippen molar-refractivity contribution in [2.75, 3.05) is 6.54 Å². The van der Waals surface area contributed by atoms with Gasteiger partial charge in [0, 0.05) is 11.5 Å². The van der Waals surface area contributed by atoms with Gasteiger partial charge >= 0.3 is 11.9 Å². The van der Waals surface area contributed by atoms with Gasteiger partial charge in [-0.15, -0.1) is 0 Å². The van der Waals surface area contributed by atoms with Crippen molar-refractivity contribution in [2.45, 2.75) is 25.3 Å². The van der Waals surface area contributed by atoms with Crippen molar-refractivity contribution in [3.63, 3.8) is 0 Å². The second kappa shape index (κ2) is 5.25. The summed E-state index contributed by atoms with van der Waals surface area (Å²) in [6, 6.07) is 9.59. The quantitative estimate of drug-likeness (QED) is 0.734. The van der Waals surface area contributed by atoms with Crippen LogP contribution in [0.2, 0.25) is 0 Å². The second-order valence-corrected chi connectivity index (χ2v) is 5.42. The minimum absolute atomic E-state index is 0.0702. The molecule has 2 rings (SSSR count). The first kappa shape index (κ1) is 14.5. The predicted octanol–water partition coefficient (Wildman–Crippen LogP) is 1.55. The van der Waals surface area contributed by atoms with Crippen LogP contribution in [0.25, 0.3) is 0 Å². The summed E-state index contributed by atoms with van der Waals surface area (Å²) in [5.41, 5.74) is 0.326. The number of carboxylic acids is 2. The molecule has 5 nitrogen and oxygen atoms in total. The first-order valence-electron chi connectivity index (χ1n) is 6.65. The van der Waals surface area contributed by atoms with Crippen LogP contribution < -0.4 is 5.32 Å². The molecule has 4 atom stereocenters. The molecule has 0 aromatic heterocycles. The van der Waals surface area contributed by atoms with Crippen molar-refractivity contribution in [3.8, 4) is 0 Å². The molecule has 1 fully saturated rings. The number of carboxylic acid groups (broad SMARTS) is 2. The number of rotatable bonds is 6. The molecule has 108 valence electrons. The van der Waals surface area contributed by atoms with Gasteiger partial charge in [0.05, 0.1) is 12.5 Å². The van der Waals surface area contributed by atoms with E-state index in [9.17, 15) is 14.7 Å². The van der Waals surface area contributed by atoms with Crippen LogP contribution in [-0.2, 0) is 9.59 Å². The molecule has 0 saturated heterocycles. The molecule has 0 spiro atoms. The maximum atomic E-state index is 11.4. The molecule has 0 amide bonds. The Labute approximate surface area is 117 Å². The lowest BCUT2D eigenvalue weighted by Crippen LogP contribution is -2.43. The fourth-order valence-corrected chi connectivity index (χ4v) is 3.34. The first-order chi connectivity index (χ1) is 9.41. The van der Waals surface area contributed by atoms with Crippen LogP contribution in [0.4, 0.5) is 0 Å². The normalized spacial score (nSPS) is 29.7. The third-order valence-corrected chi connectivity index (χ3v) is 4.49. The lowest BCUT2D eigenvalue weighted by atomic mass is 9.88. The van der Waals surface area contributed by atoms with Gasteiger partial charge in [-0.2, -0.15) is 0 Å². The highest BCUT2D eigenvalue weighted by Crippen LogP contribution is 2.58. The number of carbonyl (C=O) groups is 2. The van der Waals surface area contributed by atoms with Crippen molar-refractivity contribution >= 4 is 11.9 Å². The molecule has 1 saturated carbocycles. The Morgan fingerprint density at radius 1 is 1.30 bits per heavy atom. The van der Waals surface area contributed by atoms with Crippen molar-refractivity contribution in [3.05, 3.63) is 35.9 Å². The molecule has 3 N–H and O–H groups in total. The lowest BCUT2D eigenvalue weighted by Gasteiger charge is -2.26.